The highest BCUT2D eigenvalue weighted by Gasteiger charge is 2.30. The van der Waals surface area contributed by atoms with Gasteiger partial charge in [-0.25, -0.2) is 4.98 Å². The summed E-state index contributed by atoms with van der Waals surface area (Å²) < 4.78 is 1.87. The lowest BCUT2D eigenvalue weighted by molar-refractivity contribution is 0.636. The van der Waals surface area contributed by atoms with E-state index >= 15 is 0 Å². The monoisotopic (exact) mass is 424 g/mol. The summed E-state index contributed by atoms with van der Waals surface area (Å²) in [5, 5.41) is 22.0. The van der Waals surface area contributed by atoms with Crippen molar-refractivity contribution in [1.82, 2.24) is 24.7 Å². The summed E-state index contributed by atoms with van der Waals surface area (Å²) in [4.78, 5) is 21.8. The summed E-state index contributed by atoms with van der Waals surface area (Å²) in [6.07, 6.45) is 6.58. The molecule has 0 radical (unpaired) electrons. The molecular weight excluding hydrogens is 404 g/mol. The van der Waals surface area contributed by atoms with E-state index < -0.39 is 0 Å². The molecule has 158 valence electrons. The van der Waals surface area contributed by atoms with Crippen molar-refractivity contribution in [3.05, 3.63) is 70.5 Å². The molecule has 0 saturated heterocycles. The molecule has 32 heavy (non-hydrogen) atoms. The highest BCUT2D eigenvalue weighted by molar-refractivity contribution is 5.96. The van der Waals surface area contributed by atoms with E-state index in [4.69, 9.17) is 5.73 Å². The Hall–Kier alpha value is -4.32. The van der Waals surface area contributed by atoms with Gasteiger partial charge in [0.05, 0.1) is 30.0 Å². The van der Waals surface area contributed by atoms with Gasteiger partial charge in [0.2, 0.25) is 5.95 Å². The van der Waals surface area contributed by atoms with Gasteiger partial charge in [-0.05, 0) is 42.8 Å². The molecule has 3 aromatic heterocycles. The Morgan fingerprint density at radius 2 is 2.09 bits per heavy atom. The van der Waals surface area contributed by atoms with E-state index in [2.05, 4.69) is 31.6 Å². The van der Waals surface area contributed by atoms with Crippen LogP contribution in [0.3, 0.4) is 0 Å². The largest absolute Gasteiger partial charge is 0.368 e. The lowest BCUT2D eigenvalue weighted by atomic mass is 9.99. The van der Waals surface area contributed by atoms with E-state index in [0.29, 0.717) is 16.8 Å². The van der Waals surface area contributed by atoms with E-state index in [1.165, 1.54) is 6.20 Å². The first kappa shape index (κ1) is 19.6. The smallest absolute Gasteiger partial charge is 0.259 e. The van der Waals surface area contributed by atoms with Crippen molar-refractivity contribution in [3.63, 3.8) is 0 Å². The topological polar surface area (TPSA) is 135 Å². The second-order valence-electron chi connectivity index (χ2n) is 7.84. The number of nitrogen functional groups attached to an aromatic ring is 1. The van der Waals surface area contributed by atoms with E-state index in [-0.39, 0.29) is 23.6 Å². The molecular formula is C23H20N8O. The summed E-state index contributed by atoms with van der Waals surface area (Å²) in [6.45, 7) is 1.94. The van der Waals surface area contributed by atoms with E-state index in [0.717, 1.165) is 35.0 Å². The molecule has 3 heterocycles. The fourth-order valence-electron chi connectivity index (χ4n) is 4.00. The Morgan fingerprint density at radius 3 is 2.81 bits per heavy atom. The molecule has 0 amide bonds. The van der Waals surface area contributed by atoms with Gasteiger partial charge < -0.3 is 15.6 Å². The predicted molar refractivity (Wildman–Crippen MR) is 121 cm³/mol. The molecule has 0 unspecified atom stereocenters. The lowest BCUT2D eigenvalue weighted by Crippen LogP contribution is -2.26. The van der Waals surface area contributed by atoms with Gasteiger partial charge in [-0.1, -0.05) is 18.2 Å². The molecule has 0 aliphatic heterocycles. The van der Waals surface area contributed by atoms with Crippen molar-refractivity contribution in [2.75, 3.05) is 11.1 Å². The van der Waals surface area contributed by atoms with Gasteiger partial charge >= 0.3 is 0 Å². The minimum atomic E-state index is -0.291. The van der Waals surface area contributed by atoms with Crippen LogP contribution in [0.4, 0.5) is 11.8 Å². The highest BCUT2D eigenvalue weighted by atomic mass is 16.1. The van der Waals surface area contributed by atoms with Gasteiger partial charge in [0.15, 0.2) is 0 Å². The molecule has 1 fully saturated rings. The van der Waals surface area contributed by atoms with Crippen LogP contribution in [0, 0.1) is 11.3 Å². The first-order chi connectivity index (χ1) is 15.6. The zero-order valence-corrected chi connectivity index (χ0v) is 17.4. The maximum Gasteiger partial charge on any atom is 0.259 e. The van der Waals surface area contributed by atoms with Crippen LogP contribution in [0.2, 0.25) is 0 Å². The second-order valence-corrected chi connectivity index (χ2v) is 7.84. The lowest BCUT2D eigenvalue weighted by Gasteiger charge is -2.22. The minimum absolute atomic E-state index is 0.0382. The molecule has 1 atom stereocenters. The molecule has 1 aliphatic rings. The third-order valence-corrected chi connectivity index (χ3v) is 5.64. The zero-order chi connectivity index (χ0) is 22.2. The SMILES string of the molecule is C[C@H](Nc1nc(N)ncc1C#N)c1cc2cccc(-c3ccnnc3)c2c(=O)n1C1CC1. The van der Waals surface area contributed by atoms with Crippen molar-refractivity contribution in [3.8, 4) is 17.2 Å². The number of nitrogens with two attached hydrogens (primary N) is 1. The van der Waals surface area contributed by atoms with Gasteiger partial charge in [-0.3, -0.25) is 4.79 Å². The molecule has 0 bridgehead atoms. The number of aromatic nitrogens is 5. The fourth-order valence-corrected chi connectivity index (χ4v) is 4.00. The fraction of sp³-hybridized carbons (Fsp3) is 0.217. The van der Waals surface area contributed by atoms with Crippen LogP contribution in [-0.4, -0.2) is 24.7 Å². The number of fused-ring (bicyclic) bond motifs is 1. The van der Waals surface area contributed by atoms with E-state index in [1.807, 2.05) is 41.8 Å². The number of anilines is 2. The molecule has 9 nitrogen and oxygen atoms in total. The Labute approximate surface area is 183 Å². The summed E-state index contributed by atoms with van der Waals surface area (Å²) in [7, 11) is 0. The van der Waals surface area contributed by atoms with Gasteiger partial charge in [0.1, 0.15) is 17.5 Å². The van der Waals surface area contributed by atoms with Crippen LogP contribution in [0.15, 0.2) is 53.7 Å². The van der Waals surface area contributed by atoms with Crippen LogP contribution in [0.25, 0.3) is 21.9 Å². The zero-order valence-electron chi connectivity index (χ0n) is 17.4. The number of hydrogen-bond acceptors (Lipinski definition) is 8. The maximum atomic E-state index is 13.8. The maximum absolute atomic E-state index is 13.8. The van der Waals surface area contributed by atoms with Gasteiger partial charge in [0, 0.05) is 17.3 Å². The van der Waals surface area contributed by atoms with Gasteiger partial charge in [0.25, 0.3) is 5.56 Å². The number of benzene rings is 1. The van der Waals surface area contributed by atoms with Crippen molar-refractivity contribution in [2.24, 2.45) is 0 Å². The van der Waals surface area contributed by atoms with E-state index in [1.54, 1.807) is 12.4 Å². The van der Waals surface area contributed by atoms with Crippen LogP contribution in [0.5, 0.6) is 0 Å². The number of rotatable bonds is 5. The quantitative estimate of drug-likeness (QED) is 0.498. The average molecular weight is 424 g/mol. The molecule has 9 heteroatoms. The summed E-state index contributed by atoms with van der Waals surface area (Å²) in [6, 6.07) is 11.6. The minimum Gasteiger partial charge on any atom is -0.368 e. The molecule has 0 spiro atoms. The normalized spacial score (nSPS) is 14.1. The average Bonchev–Trinajstić information content (AvgIpc) is 3.64. The second kappa shape index (κ2) is 7.74. The van der Waals surface area contributed by atoms with Crippen LogP contribution >= 0.6 is 0 Å². The summed E-state index contributed by atoms with van der Waals surface area (Å²) in [5.41, 5.74) is 8.48. The first-order valence-electron chi connectivity index (χ1n) is 10.3. The standard InChI is InChI=1S/C23H20N8O/c1-13(29-21-16(10-24)11-26-23(25)30-21)19-9-14-3-2-4-18(15-7-8-27-28-12-15)20(14)22(32)31(19)17-5-6-17/h2-4,7-9,11-13,17H,5-6H2,1H3,(H3,25,26,29,30)/t13-/m0/s1. The van der Waals surface area contributed by atoms with Crippen LogP contribution < -0.4 is 16.6 Å². The van der Waals surface area contributed by atoms with Gasteiger partial charge in [-0.15, -0.1) is 0 Å². The molecule has 3 N–H and O–H groups in total. The van der Waals surface area contributed by atoms with Crippen molar-refractivity contribution in [2.45, 2.75) is 31.8 Å². The molecule has 1 saturated carbocycles. The molecule has 4 aromatic rings. The molecule has 1 aromatic carbocycles. The molecule has 1 aliphatic carbocycles. The van der Waals surface area contributed by atoms with E-state index in [9.17, 15) is 10.1 Å². The Kier molecular flexibility index (Phi) is 4.75. The molecule has 5 rings (SSSR count). The summed E-state index contributed by atoms with van der Waals surface area (Å²) in [5.74, 6) is 0.423. The third-order valence-electron chi connectivity index (χ3n) is 5.64. The Morgan fingerprint density at radius 1 is 1.25 bits per heavy atom. The Balaban J connectivity index is 1.66. The van der Waals surface area contributed by atoms with Crippen molar-refractivity contribution >= 4 is 22.5 Å². The van der Waals surface area contributed by atoms with Gasteiger partial charge in [-0.2, -0.15) is 20.4 Å². The highest BCUT2D eigenvalue weighted by Crippen LogP contribution is 2.38. The van der Waals surface area contributed by atoms with Crippen LogP contribution in [-0.2, 0) is 0 Å². The number of hydrogen-bond donors (Lipinski definition) is 2. The third kappa shape index (κ3) is 3.41. The first-order valence-corrected chi connectivity index (χ1v) is 10.3. The number of pyridine rings is 1. The number of nitrogens with one attached hydrogen (secondary N) is 1. The van der Waals surface area contributed by atoms with Crippen molar-refractivity contribution < 1.29 is 0 Å². The van der Waals surface area contributed by atoms with Crippen LogP contribution in [0.1, 0.15) is 43.1 Å². The summed E-state index contributed by atoms with van der Waals surface area (Å²) >= 11 is 0. The number of nitriles is 1. The number of nitrogens with zero attached hydrogens (tertiary/aromatic N) is 6. The van der Waals surface area contributed by atoms with Crippen molar-refractivity contribution in [1.29, 1.82) is 5.26 Å². The Bertz CT molecular complexity index is 1420. The predicted octanol–water partition coefficient (Wildman–Crippen LogP) is 3.21.